The zero-order chi connectivity index (χ0) is 51.3. The molecule has 0 aromatic heterocycles. The zero-order valence-corrected chi connectivity index (χ0v) is 44.7. The molecule has 370 valence electrons. The molecule has 8 heteroatoms. The first-order valence-corrected chi connectivity index (χ1v) is 32.1. The van der Waals surface area contributed by atoms with Gasteiger partial charge in [0.2, 0.25) is 0 Å². The first kappa shape index (κ1) is 35.6. The normalized spacial score (nSPS) is 25.2. The average molecular weight is 1060 g/mol. The first-order chi connectivity index (χ1) is 40.4. The molecule has 33 rings (SSSR count). The Kier molecular flexibility index (Phi) is 3.74. The standard InChI is InChI=1S/C74H27O7P/c1-5-7-9-80-82(77,81-10-8-6-2)69(70(75)78-3)74(71(76)79-4)72-65-57-49-39-29-21-13-11-12-15-19-17(13)25-33-27(19)37-31-23(15)24-16(12)20-18-14(11)22(21)30-36-26(18)34-28(20)38-32(24)42-41(31)51-45(37)55-47(33)53(43(49)35(25)29)61(65)63(55)67-59(51)60-52(42)46(38)56-48(34)54-44(36)50(40(30)39)58(57)66(72)62(54)64(56)68(60)73(67,72)74/h65,68-69H,5-10H2,1-4H3. The number of unbranched alkanes of at least 4 members (excludes halogenated alkanes) is 2. The molecule has 7 aliphatic carbocycles. The first-order valence-electron chi connectivity index (χ1n) is 30.5. The Morgan fingerprint density at radius 3 is 0.793 bits per heavy atom. The number of benzene rings is 16. The van der Waals surface area contributed by atoms with E-state index < -0.39 is 41.4 Å². The summed E-state index contributed by atoms with van der Waals surface area (Å²) in [5, 5.41) is 73.0. The number of rotatable bonds is 12. The third kappa shape index (κ3) is 2.05. The summed E-state index contributed by atoms with van der Waals surface area (Å²) in [6, 6.07) is 0. The van der Waals surface area contributed by atoms with Crippen LogP contribution in [0.3, 0.4) is 0 Å². The van der Waals surface area contributed by atoms with Crippen LogP contribution in [0.1, 0.15) is 84.7 Å². The van der Waals surface area contributed by atoms with Crippen LogP contribution in [0.5, 0.6) is 0 Å². The highest BCUT2D eigenvalue weighted by Crippen LogP contribution is 3.02. The van der Waals surface area contributed by atoms with E-state index in [1.165, 1.54) is 306 Å². The second-order valence-corrected chi connectivity index (χ2v) is 30.9. The van der Waals surface area contributed by atoms with Crippen molar-refractivity contribution in [2.45, 2.75) is 67.9 Å². The lowest BCUT2D eigenvalue weighted by atomic mass is 9.60. The van der Waals surface area contributed by atoms with Crippen molar-refractivity contribution in [2.75, 3.05) is 27.4 Å². The lowest BCUT2D eigenvalue weighted by Crippen LogP contribution is -2.46. The molecule has 0 N–H and O–H groups in total. The summed E-state index contributed by atoms with van der Waals surface area (Å²) >= 11 is 0. The maximum absolute atomic E-state index is 17.5. The Labute approximate surface area is 453 Å². The highest BCUT2D eigenvalue weighted by atomic mass is 31.2. The van der Waals surface area contributed by atoms with Crippen molar-refractivity contribution in [1.29, 1.82) is 0 Å². The number of methoxy groups -OCH3 is 2. The summed E-state index contributed by atoms with van der Waals surface area (Å²) < 4.78 is 44.4. The summed E-state index contributed by atoms with van der Waals surface area (Å²) in [5.41, 5.74) is 2.20. The quantitative estimate of drug-likeness (QED) is 0.0521. The van der Waals surface area contributed by atoms with E-state index in [1.807, 2.05) is 0 Å². The van der Waals surface area contributed by atoms with Crippen LogP contribution in [0.4, 0.5) is 0 Å². The van der Waals surface area contributed by atoms with Crippen LogP contribution in [0, 0.1) is 5.41 Å². The van der Waals surface area contributed by atoms with Crippen molar-refractivity contribution in [3.8, 4) is 0 Å². The number of carbonyl (C=O) groups excluding carboxylic acids is 2. The molecular formula is C74H27O7P. The van der Waals surface area contributed by atoms with Crippen LogP contribution >= 0.6 is 7.60 Å². The monoisotopic (exact) mass is 1060 g/mol. The average Bonchev–Trinajstić information content (AvgIpc) is 1.36. The number of hydrogen-bond acceptors (Lipinski definition) is 7. The van der Waals surface area contributed by atoms with E-state index in [2.05, 4.69) is 13.8 Å². The fraction of sp³-hybridized carbons (Fsp3) is 0.216. The molecule has 7 nitrogen and oxygen atoms in total. The van der Waals surface area contributed by atoms with Crippen molar-refractivity contribution in [1.82, 2.24) is 0 Å². The molecule has 0 aliphatic heterocycles. The highest BCUT2D eigenvalue weighted by molar-refractivity contribution is 7.56. The minimum absolute atomic E-state index is 0.126. The molecule has 5 unspecified atom stereocenters. The van der Waals surface area contributed by atoms with Gasteiger partial charge in [0.15, 0.2) is 5.66 Å². The summed E-state index contributed by atoms with van der Waals surface area (Å²) in [7, 11) is -1.69. The van der Waals surface area contributed by atoms with Crippen LogP contribution in [-0.2, 0) is 43.5 Å². The topological polar surface area (TPSA) is 88.1 Å². The molecule has 0 amide bonds. The minimum Gasteiger partial charge on any atom is -0.469 e. The van der Waals surface area contributed by atoms with Gasteiger partial charge >= 0.3 is 19.5 Å². The third-order valence-corrected chi connectivity index (χ3v) is 30.5. The summed E-state index contributed by atoms with van der Waals surface area (Å²) in [6.07, 6.45) is 2.83. The van der Waals surface area contributed by atoms with Crippen LogP contribution in [0.25, 0.3) is 269 Å². The predicted molar refractivity (Wildman–Crippen MR) is 330 cm³/mol. The maximum Gasteiger partial charge on any atom is 0.346 e. The molecule has 82 heavy (non-hydrogen) atoms. The molecular weight excluding hydrogens is 1030 g/mol. The Balaban J connectivity index is 1.02. The van der Waals surface area contributed by atoms with Crippen molar-refractivity contribution in [3.05, 3.63) is 33.4 Å². The molecule has 1 saturated carbocycles. The SMILES string of the molecule is CCCCOP(=O)(OCCCC)C(C(=O)OC)C1(C(=O)OC)C23c4c5c6c7c8c9c%10c%11c(c%12c%13c%14c%15c%16c(c4c4c%17c5c7c5c7c8c8c9c9c%11c%11c%12c%14c%12c%14c%15c%15c%16c4c4c%17c5c5c7c7c8c8c9c%11c%12c9c%14c%11c%15c4c5c%11c7c89)C%132)C13C6%10. The van der Waals surface area contributed by atoms with Gasteiger partial charge in [-0.05, 0) is 316 Å². The molecule has 1 fully saturated rings. The van der Waals surface area contributed by atoms with Crippen LogP contribution in [0.2, 0.25) is 0 Å². The fourth-order valence-electron chi connectivity index (χ4n) is 27.9. The summed E-state index contributed by atoms with van der Waals surface area (Å²) in [5.74, 6) is -1.89. The minimum atomic E-state index is -4.65. The van der Waals surface area contributed by atoms with Gasteiger partial charge < -0.3 is 18.5 Å². The molecule has 0 bridgehead atoms. The lowest BCUT2D eigenvalue weighted by Gasteiger charge is -2.40. The van der Waals surface area contributed by atoms with Gasteiger partial charge in [0.25, 0.3) is 0 Å². The molecule has 2 spiro atoms. The maximum atomic E-state index is 17.5. The van der Waals surface area contributed by atoms with E-state index >= 15 is 14.2 Å². The Bertz CT molecular complexity index is 7320. The van der Waals surface area contributed by atoms with Gasteiger partial charge in [0.1, 0.15) is 5.41 Å². The summed E-state index contributed by atoms with van der Waals surface area (Å²) in [4.78, 5) is 34.0. The molecule has 0 heterocycles. The summed E-state index contributed by atoms with van der Waals surface area (Å²) in [6.45, 7) is 4.45. The molecule has 0 saturated heterocycles. The molecule has 0 radical (unpaired) electrons. The zero-order valence-electron chi connectivity index (χ0n) is 43.8. The van der Waals surface area contributed by atoms with Crippen molar-refractivity contribution in [3.63, 3.8) is 0 Å². The van der Waals surface area contributed by atoms with E-state index in [4.69, 9.17) is 18.5 Å². The van der Waals surface area contributed by atoms with Gasteiger partial charge in [0.05, 0.1) is 27.4 Å². The molecule has 26 aromatic carbocycles. The largest absolute Gasteiger partial charge is 0.469 e. The third-order valence-electron chi connectivity index (χ3n) is 28.2. The van der Waals surface area contributed by atoms with Crippen molar-refractivity contribution >= 4 is 289 Å². The van der Waals surface area contributed by atoms with Gasteiger partial charge in [0, 0.05) is 22.7 Å². The van der Waals surface area contributed by atoms with Crippen molar-refractivity contribution in [2.24, 2.45) is 5.41 Å². The Morgan fingerprint density at radius 2 is 0.573 bits per heavy atom. The predicted octanol–water partition coefficient (Wildman–Crippen LogP) is 18.4. The van der Waals surface area contributed by atoms with Gasteiger partial charge in [-0.25, -0.2) is 0 Å². The Morgan fingerprint density at radius 1 is 0.354 bits per heavy atom. The van der Waals surface area contributed by atoms with E-state index in [0.717, 1.165) is 12.8 Å². The highest BCUT2D eigenvalue weighted by Gasteiger charge is 3.04. The van der Waals surface area contributed by atoms with Gasteiger partial charge in [-0.3, -0.25) is 14.2 Å². The van der Waals surface area contributed by atoms with Crippen LogP contribution in [-0.4, -0.2) is 45.0 Å². The van der Waals surface area contributed by atoms with E-state index in [-0.39, 0.29) is 25.0 Å². The smallest absolute Gasteiger partial charge is 0.346 e. The van der Waals surface area contributed by atoms with Gasteiger partial charge in [-0.2, -0.15) is 0 Å². The van der Waals surface area contributed by atoms with Crippen LogP contribution in [0.15, 0.2) is 0 Å². The molecule has 7 aliphatic rings. The number of hydrogen-bond donors (Lipinski definition) is 0. The molecule has 26 aromatic rings. The van der Waals surface area contributed by atoms with E-state index in [0.29, 0.717) is 12.8 Å². The number of carbonyl (C=O) groups is 2. The lowest BCUT2D eigenvalue weighted by molar-refractivity contribution is -0.155. The fourth-order valence-corrected chi connectivity index (χ4v) is 30.4. The molecule has 5 atom stereocenters. The number of ether oxygens (including phenoxy) is 2. The van der Waals surface area contributed by atoms with Gasteiger partial charge in [-0.1, -0.05) is 26.7 Å². The van der Waals surface area contributed by atoms with E-state index in [1.54, 1.807) is 10.8 Å². The Hall–Kier alpha value is -8.19. The van der Waals surface area contributed by atoms with E-state index in [9.17, 15) is 0 Å². The van der Waals surface area contributed by atoms with Crippen LogP contribution < -0.4 is 0 Å². The van der Waals surface area contributed by atoms with Crippen molar-refractivity contribution < 1.29 is 32.7 Å². The van der Waals surface area contributed by atoms with Gasteiger partial charge in [-0.15, -0.1) is 0 Å². The second kappa shape index (κ2) is 8.61. The second-order valence-electron chi connectivity index (χ2n) is 28.8. The number of esters is 2.